The lowest BCUT2D eigenvalue weighted by Crippen LogP contribution is -2.25. The first-order valence-corrected chi connectivity index (χ1v) is 7.69. The molecule has 8 heteroatoms. The van der Waals surface area contributed by atoms with Gasteiger partial charge in [0, 0.05) is 17.6 Å². The van der Waals surface area contributed by atoms with Crippen LogP contribution in [0.2, 0.25) is 5.02 Å². The van der Waals surface area contributed by atoms with Gasteiger partial charge in [-0.05, 0) is 32.0 Å². The summed E-state index contributed by atoms with van der Waals surface area (Å²) in [5.41, 5.74) is 6.46. The topological polar surface area (TPSA) is 80.0 Å². The van der Waals surface area contributed by atoms with Gasteiger partial charge in [0.15, 0.2) is 0 Å². The summed E-state index contributed by atoms with van der Waals surface area (Å²) in [5.74, 6) is 1.08. The molecule has 1 aromatic heterocycles. The molecule has 0 aliphatic rings. The third kappa shape index (κ3) is 3.95. The molecule has 2 aromatic rings. The molecular formula is C13H16BrClN6. The van der Waals surface area contributed by atoms with E-state index in [9.17, 15) is 0 Å². The average molecular weight is 372 g/mol. The van der Waals surface area contributed by atoms with Crippen LogP contribution < -0.4 is 16.0 Å². The van der Waals surface area contributed by atoms with Gasteiger partial charge in [0.1, 0.15) is 0 Å². The number of benzene rings is 1. The van der Waals surface area contributed by atoms with E-state index in [0.717, 1.165) is 17.6 Å². The smallest absolute Gasteiger partial charge is 0.233 e. The van der Waals surface area contributed by atoms with E-state index in [1.54, 1.807) is 6.07 Å². The molecule has 1 heterocycles. The van der Waals surface area contributed by atoms with Gasteiger partial charge in [-0.2, -0.15) is 15.0 Å². The van der Waals surface area contributed by atoms with E-state index in [1.165, 1.54) is 0 Å². The predicted octanol–water partition coefficient (Wildman–Crippen LogP) is 3.46. The molecule has 0 saturated carbocycles. The van der Waals surface area contributed by atoms with Gasteiger partial charge >= 0.3 is 0 Å². The minimum Gasteiger partial charge on any atom is -0.368 e. The SMILES string of the molecule is CCN(CC)c1nc(N)nc(Nc2ccc(Br)cc2Cl)n1. The number of hydrogen-bond acceptors (Lipinski definition) is 6. The number of aromatic nitrogens is 3. The van der Waals surface area contributed by atoms with Gasteiger partial charge in [-0.25, -0.2) is 0 Å². The monoisotopic (exact) mass is 370 g/mol. The highest BCUT2D eigenvalue weighted by atomic mass is 79.9. The molecule has 0 aliphatic carbocycles. The summed E-state index contributed by atoms with van der Waals surface area (Å²) in [7, 11) is 0. The van der Waals surface area contributed by atoms with Crippen LogP contribution in [-0.2, 0) is 0 Å². The van der Waals surface area contributed by atoms with Crippen molar-refractivity contribution in [2.45, 2.75) is 13.8 Å². The summed E-state index contributed by atoms with van der Waals surface area (Å²) in [5, 5.41) is 3.62. The first kappa shape index (κ1) is 15.8. The maximum Gasteiger partial charge on any atom is 0.233 e. The van der Waals surface area contributed by atoms with Gasteiger partial charge < -0.3 is 16.0 Å². The zero-order chi connectivity index (χ0) is 15.4. The lowest BCUT2D eigenvalue weighted by atomic mass is 10.3. The van der Waals surface area contributed by atoms with E-state index < -0.39 is 0 Å². The Balaban J connectivity index is 2.31. The maximum absolute atomic E-state index is 6.17. The van der Waals surface area contributed by atoms with Crippen LogP contribution in [0, 0.1) is 0 Å². The van der Waals surface area contributed by atoms with Crippen molar-refractivity contribution in [3.05, 3.63) is 27.7 Å². The van der Waals surface area contributed by atoms with E-state index in [0.29, 0.717) is 22.6 Å². The minimum atomic E-state index is 0.169. The molecule has 0 bridgehead atoms. The van der Waals surface area contributed by atoms with Gasteiger partial charge in [-0.1, -0.05) is 27.5 Å². The van der Waals surface area contributed by atoms with E-state index >= 15 is 0 Å². The van der Waals surface area contributed by atoms with E-state index in [2.05, 4.69) is 36.2 Å². The maximum atomic E-state index is 6.17. The minimum absolute atomic E-state index is 0.169. The van der Waals surface area contributed by atoms with E-state index in [4.69, 9.17) is 17.3 Å². The lowest BCUT2D eigenvalue weighted by Gasteiger charge is -2.19. The first-order chi connectivity index (χ1) is 10.0. The number of hydrogen-bond donors (Lipinski definition) is 2. The summed E-state index contributed by atoms with van der Waals surface area (Å²) in [6.07, 6.45) is 0. The fourth-order valence-corrected chi connectivity index (χ4v) is 2.52. The number of anilines is 4. The van der Waals surface area contributed by atoms with Crippen LogP contribution in [0.15, 0.2) is 22.7 Å². The Hall–Kier alpha value is -1.60. The molecule has 112 valence electrons. The van der Waals surface area contributed by atoms with Crippen molar-refractivity contribution in [3.63, 3.8) is 0 Å². The molecule has 0 aliphatic heterocycles. The molecule has 3 N–H and O–H groups in total. The van der Waals surface area contributed by atoms with E-state index in [1.807, 2.05) is 30.9 Å². The Morgan fingerprint density at radius 1 is 1.24 bits per heavy atom. The van der Waals surface area contributed by atoms with Crippen LogP contribution in [0.25, 0.3) is 0 Å². The largest absolute Gasteiger partial charge is 0.368 e. The molecule has 21 heavy (non-hydrogen) atoms. The molecule has 0 fully saturated rings. The molecule has 0 radical (unpaired) electrons. The predicted molar refractivity (Wildman–Crippen MR) is 90.2 cm³/mol. The van der Waals surface area contributed by atoms with Crippen LogP contribution in [0.5, 0.6) is 0 Å². The average Bonchev–Trinajstić information content (AvgIpc) is 2.43. The van der Waals surface area contributed by atoms with Crippen molar-refractivity contribution >= 4 is 51.1 Å². The van der Waals surface area contributed by atoms with Gasteiger partial charge in [-0.3, -0.25) is 0 Å². The Morgan fingerprint density at radius 3 is 2.57 bits per heavy atom. The van der Waals surface area contributed by atoms with Gasteiger partial charge in [0.2, 0.25) is 17.8 Å². The van der Waals surface area contributed by atoms with Crippen LogP contribution in [0.1, 0.15) is 13.8 Å². The normalized spacial score (nSPS) is 10.5. The molecule has 0 saturated heterocycles. The summed E-state index contributed by atoms with van der Waals surface area (Å²) in [6.45, 7) is 5.64. The number of nitrogens with zero attached hydrogens (tertiary/aromatic N) is 4. The Morgan fingerprint density at radius 2 is 1.95 bits per heavy atom. The molecule has 0 unspecified atom stereocenters. The van der Waals surface area contributed by atoms with Crippen molar-refractivity contribution in [3.8, 4) is 0 Å². The number of nitrogen functional groups attached to an aromatic ring is 1. The number of rotatable bonds is 5. The third-order valence-corrected chi connectivity index (χ3v) is 3.67. The highest BCUT2D eigenvalue weighted by Gasteiger charge is 2.11. The standard InChI is InChI=1S/C13H16BrClN6/c1-3-21(4-2)13-19-11(16)18-12(20-13)17-10-6-5-8(14)7-9(10)15/h5-7H,3-4H2,1-2H3,(H3,16,17,18,19,20). The Bertz CT molecular complexity index is 632. The number of nitrogens with one attached hydrogen (secondary N) is 1. The van der Waals surface area contributed by atoms with Gasteiger partial charge in [0.25, 0.3) is 0 Å². The van der Waals surface area contributed by atoms with Crippen molar-refractivity contribution in [2.75, 3.05) is 29.0 Å². The van der Waals surface area contributed by atoms with Crippen molar-refractivity contribution in [2.24, 2.45) is 0 Å². The van der Waals surface area contributed by atoms with Crippen molar-refractivity contribution in [1.82, 2.24) is 15.0 Å². The van der Waals surface area contributed by atoms with E-state index in [-0.39, 0.29) is 5.95 Å². The fourth-order valence-electron chi connectivity index (χ4n) is 1.80. The van der Waals surface area contributed by atoms with Gasteiger partial charge in [-0.15, -0.1) is 0 Å². The summed E-state index contributed by atoms with van der Waals surface area (Å²) < 4.78 is 0.900. The van der Waals surface area contributed by atoms with Crippen molar-refractivity contribution in [1.29, 1.82) is 0 Å². The second kappa shape index (κ2) is 6.91. The summed E-state index contributed by atoms with van der Waals surface area (Å²) in [6, 6.07) is 5.51. The zero-order valence-electron chi connectivity index (χ0n) is 11.8. The number of halogens is 2. The molecular weight excluding hydrogens is 356 g/mol. The van der Waals surface area contributed by atoms with Crippen LogP contribution in [0.4, 0.5) is 23.5 Å². The quantitative estimate of drug-likeness (QED) is 0.838. The Labute approximate surface area is 136 Å². The fraction of sp³-hybridized carbons (Fsp3) is 0.308. The summed E-state index contributed by atoms with van der Waals surface area (Å²) >= 11 is 9.53. The van der Waals surface area contributed by atoms with Crippen LogP contribution >= 0.6 is 27.5 Å². The molecule has 0 amide bonds. The lowest BCUT2D eigenvalue weighted by molar-refractivity contribution is 0.816. The van der Waals surface area contributed by atoms with Crippen LogP contribution in [-0.4, -0.2) is 28.0 Å². The Kier molecular flexibility index (Phi) is 5.19. The van der Waals surface area contributed by atoms with Crippen LogP contribution in [0.3, 0.4) is 0 Å². The molecule has 1 aromatic carbocycles. The zero-order valence-corrected chi connectivity index (χ0v) is 14.1. The van der Waals surface area contributed by atoms with Crippen molar-refractivity contribution < 1.29 is 0 Å². The second-order valence-corrected chi connectivity index (χ2v) is 5.56. The molecule has 0 spiro atoms. The first-order valence-electron chi connectivity index (χ1n) is 6.52. The summed E-state index contributed by atoms with van der Waals surface area (Å²) in [4.78, 5) is 14.6. The second-order valence-electron chi connectivity index (χ2n) is 4.24. The molecule has 6 nitrogen and oxygen atoms in total. The highest BCUT2D eigenvalue weighted by Crippen LogP contribution is 2.27. The molecule has 2 rings (SSSR count). The molecule has 0 atom stereocenters. The van der Waals surface area contributed by atoms with Gasteiger partial charge in [0.05, 0.1) is 10.7 Å². The number of nitrogens with two attached hydrogens (primary N) is 1. The third-order valence-electron chi connectivity index (χ3n) is 2.86. The highest BCUT2D eigenvalue weighted by molar-refractivity contribution is 9.10.